The van der Waals surface area contributed by atoms with Gasteiger partial charge in [-0.15, -0.1) is 6.58 Å². The summed E-state index contributed by atoms with van der Waals surface area (Å²) in [5.74, 6) is 1.01. The second-order valence-corrected chi connectivity index (χ2v) is 13.0. The molecule has 21 heavy (non-hydrogen) atoms. The largest absolute Gasteiger partial charge is 0.414 e. The van der Waals surface area contributed by atoms with Gasteiger partial charge in [-0.3, -0.25) is 0 Å². The lowest BCUT2D eigenvalue weighted by molar-refractivity contribution is 0.104. The predicted molar refractivity (Wildman–Crippen MR) is 94.2 cm³/mol. The molecule has 0 aromatic rings. The summed E-state index contributed by atoms with van der Waals surface area (Å²) in [6.45, 7) is 22.2. The van der Waals surface area contributed by atoms with E-state index < -0.39 is 8.32 Å². The third-order valence-corrected chi connectivity index (χ3v) is 9.89. The minimum absolute atomic E-state index is 0.265. The van der Waals surface area contributed by atoms with Crippen LogP contribution < -0.4 is 0 Å². The average molecular weight is 313 g/mol. The van der Waals surface area contributed by atoms with E-state index in [-0.39, 0.29) is 5.04 Å². The zero-order valence-corrected chi connectivity index (χ0v) is 16.4. The second kappa shape index (κ2) is 6.97. The Kier molecular flexibility index (Phi) is 6.28. The van der Waals surface area contributed by atoms with E-state index >= 15 is 0 Å². The summed E-state index contributed by atoms with van der Waals surface area (Å²) in [6.07, 6.45) is 5.28. The van der Waals surface area contributed by atoms with E-state index in [0.717, 1.165) is 12.8 Å². The monoisotopic (exact) mass is 312 g/mol. The molecule has 1 aliphatic rings. The van der Waals surface area contributed by atoms with Gasteiger partial charge in [0.2, 0.25) is 0 Å². The first-order valence-electron chi connectivity index (χ1n) is 8.49. The molecule has 0 amide bonds. The lowest BCUT2D eigenvalue weighted by Gasteiger charge is -2.40. The fourth-order valence-corrected chi connectivity index (χ4v) is 4.09. The Morgan fingerprint density at radius 1 is 1.29 bits per heavy atom. The van der Waals surface area contributed by atoms with Crippen LogP contribution in [0.2, 0.25) is 18.1 Å². The van der Waals surface area contributed by atoms with E-state index in [1.54, 1.807) is 0 Å². The molecule has 1 rings (SSSR count). The van der Waals surface area contributed by atoms with Crippen LogP contribution in [0.1, 0.15) is 54.4 Å². The fourth-order valence-electron chi connectivity index (χ4n) is 2.60. The number of rotatable bonds is 8. The van der Waals surface area contributed by atoms with Crippen molar-refractivity contribution < 1.29 is 9.16 Å². The van der Waals surface area contributed by atoms with Gasteiger partial charge in [0.25, 0.3) is 0 Å². The Morgan fingerprint density at radius 2 is 1.86 bits per heavy atom. The van der Waals surface area contributed by atoms with Crippen molar-refractivity contribution in [3.63, 3.8) is 0 Å². The van der Waals surface area contributed by atoms with Gasteiger partial charge in [-0.1, -0.05) is 47.6 Å². The van der Waals surface area contributed by atoms with Gasteiger partial charge in [0.05, 0.1) is 12.2 Å². The van der Waals surface area contributed by atoms with Gasteiger partial charge < -0.3 is 9.16 Å². The molecule has 0 N–H and O–H groups in total. The Labute approximate surface area is 133 Å². The molecule has 1 aliphatic heterocycles. The van der Waals surface area contributed by atoms with Crippen LogP contribution in [0.15, 0.2) is 12.7 Å². The molecule has 0 radical (unpaired) electrons. The van der Waals surface area contributed by atoms with Crippen molar-refractivity contribution in [1.82, 2.24) is 0 Å². The van der Waals surface area contributed by atoms with Crippen molar-refractivity contribution >= 4 is 8.32 Å². The smallest absolute Gasteiger partial charge is 0.192 e. The van der Waals surface area contributed by atoms with Crippen molar-refractivity contribution in [2.75, 3.05) is 0 Å². The number of allylic oxidation sites excluding steroid dienone is 1. The highest BCUT2D eigenvalue weighted by molar-refractivity contribution is 6.74. The van der Waals surface area contributed by atoms with Gasteiger partial charge in [-0.2, -0.15) is 0 Å². The number of hydrogen-bond acceptors (Lipinski definition) is 2. The third kappa shape index (κ3) is 4.94. The zero-order valence-electron chi connectivity index (χ0n) is 15.4. The van der Waals surface area contributed by atoms with E-state index in [1.165, 1.54) is 0 Å². The van der Waals surface area contributed by atoms with Crippen LogP contribution >= 0.6 is 0 Å². The molecule has 2 nitrogen and oxygen atoms in total. The van der Waals surface area contributed by atoms with E-state index in [4.69, 9.17) is 9.16 Å². The van der Waals surface area contributed by atoms with Crippen molar-refractivity contribution in [2.24, 2.45) is 11.8 Å². The summed E-state index contributed by atoms with van der Waals surface area (Å²) in [4.78, 5) is 0. The van der Waals surface area contributed by atoms with Gasteiger partial charge in [-0.05, 0) is 36.9 Å². The van der Waals surface area contributed by atoms with Crippen molar-refractivity contribution in [3.05, 3.63) is 12.7 Å². The summed E-state index contributed by atoms with van der Waals surface area (Å²) in [5, 5.41) is 0.265. The quantitative estimate of drug-likeness (QED) is 0.340. The molecule has 0 aromatic heterocycles. The maximum Gasteiger partial charge on any atom is 0.192 e. The molecule has 3 heteroatoms. The van der Waals surface area contributed by atoms with Crippen LogP contribution in [-0.2, 0) is 9.16 Å². The lowest BCUT2D eigenvalue weighted by Crippen LogP contribution is -2.46. The van der Waals surface area contributed by atoms with Crippen molar-refractivity contribution in [1.29, 1.82) is 0 Å². The molecule has 0 aliphatic carbocycles. The van der Waals surface area contributed by atoms with Gasteiger partial charge in [-0.25, -0.2) is 0 Å². The van der Waals surface area contributed by atoms with Gasteiger partial charge in [0.1, 0.15) is 0 Å². The maximum absolute atomic E-state index is 6.63. The molecule has 1 heterocycles. The van der Waals surface area contributed by atoms with Gasteiger partial charge in [0.15, 0.2) is 8.32 Å². The summed E-state index contributed by atoms with van der Waals surface area (Å²) in [5.41, 5.74) is 0. The minimum atomic E-state index is -1.70. The molecule has 1 fully saturated rings. The van der Waals surface area contributed by atoms with Crippen molar-refractivity contribution in [2.45, 2.75) is 90.8 Å². The molecule has 0 bridgehead atoms. The molecule has 1 saturated heterocycles. The summed E-state index contributed by atoms with van der Waals surface area (Å²) in [6, 6.07) is 0. The summed E-state index contributed by atoms with van der Waals surface area (Å²) < 4.78 is 12.6. The molecule has 0 saturated carbocycles. The van der Waals surface area contributed by atoms with E-state index in [9.17, 15) is 0 Å². The van der Waals surface area contributed by atoms with Crippen LogP contribution in [0.25, 0.3) is 0 Å². The highest BCUT2D eigenvalue weighted by Crippen LogP contribution is 2.42. The third-order valence-electron chi connectivity index (χ3n) is 5.39. The van der Waals surface area contributed by atoms with Crippen molar-refractivity contribution in [3.8, 4) is 0 Å². The maximum atomic E-state index is 6.63. The molecule has 5 atom stereocenters. The van der Waals surface area contributed by atoms with Crippen LogP contribution in [0.4, 0.5) is 0 Å². The lowest BCUT2D eigenvalue weighted by atomic mass is 9.94. The molecule has 124 valence electrons. The fraction of sp³-hybridized carbons (Fsp3) is 0.889. The molecular weight excluding hydrogens is 276 g/mol. The van der Waals surface area contributed by atoms with Gasteiger partial charge >= 0.3 is 0 Å². The standard InChI is InChI=1S/C18H36O2Si/c1-10-13(3)12-16-17(19-16)14(4)15(11-2)20-21(8,9)18(5,6)7/h10,13-17H,1,11-12H2,2-9H3/t13-,14-,15+,16+,17-/m1/s1. The average Bonchev–Trinajstić information content (AvgIpc) is 3.12. The number of hydrogen-bond donors (Lipinski definition) is 0. The van der Waals surface area contributed by atoms with E-state index in [0.29, 0.717) is 30.1 Å². The highest BCUT2D eigenvalue weighted by Gasteiger charge is 2.47. The second-order valence-electron chi connectivity index (χ2n) is 8.27. The number of ether oxygens (including phenoxy) is 1. The Morgan fingerprint density at radius 3 is 2.29 bits per heavy atom. The van der Waals surface area contributed by atoms with Crippen LogP contribution in [0.3, 0.4) is 0 Å². The Bertz CT molecular complexity index is 346. The first-order valence-corrected chi connectivity index (χ1v) is 11.4. The number of epoxide rings is 1. The van der Waals surface area contributed by atoms with E-state index in [2.05, 4.69) is 61.2 Å². The highest BCUT2D eigenvalue weighted by atomic mass is 28.4. The first-order chi connectivity index (χ1) is 9.53. The van der Waals surface area contributed by atoms with Crippen LogP contribution in [-0.4, -0.2) is 26.6 Å². The molecular formula is C18H36O2Si. The predicted octanol–water partition coefficient (Wildman–Crippen LogP) is 5.40. The Hall–Kier alpha value is -0.123. The van der Waals surface area contributed by atoms with E-state index in [1.807, 2.05) is 6.08 Å². The Balaban J connectivity index is 2.60. The topological polar surface area (TPSA) is 21.8 Å². The minimum Gasteiger partial charge on any atom is -0.414 e. The normalized spacial score (nSPS) is 27.0. The van der Waals surface area contributed by atoms with Crippen LogP contribution in [0, 0.1) is 11.8 Å². The van der Waals surface area contributed by atoms with Gasteiger partial charge in [0, 0.05) is 12.0 Å². The van der Waals surface area contributed by atoms with Crippen LogP contribution in [0.5, 0.6) is 0 Å². The molecule has 0 unspecified atom stereocenters. The first kappa shape index (κ1) is 18.9. The molecule has 0 spiro atoms. The summed E-state index contributed by atoms with van der Waals surface area (Å²) >= 11 is 0. The zero-order chi connectivity index (χ0) is 16.4. The SMILES string of the molecule is C=C[C@@H](C)C[C@@H]1O[C@@H]1[C@H](C)[C@H](CC)O[Si](C)(C)C(C)(C)C. The molecule has 0 aromatic carbocycles. The summed E-state index contributed by atoms with van der Waals surface area (Å²) in [7, 11) is -1.70.